The molecule has 2 rings (SSSR count). The molecule has 0 saturated heterocycles. The number of anilines is 1. The van der Waals surface area contributed by atoms with E-state index in [9.17, 15) is 0 Å². The number of hydrogen-bond donors (Lipinski definition) is 1. The fourth-order valence-electron chi connectivity index (χ4n) is 2.41. The Labute approximate surface area is 149 Å². The third kappa shape index (κ3) is 4.17. The normalized spacial score (nSPS) is 10.2. The van der Waals surface area contributed by atoms with Crippen LogP contribution in [0.25, 0.3) is 0 Å². The van der Waals surface area contributed by atoms with Gasteiger partial charge in [0, 0.05) is 30.9 Å². The standard InChI is InChI=1S/C19H24N2O2S/c1-13-7-6-8-17(14(13)2)20-19(24)21(3)12-15-9-10-16(22-4)11-18(15)23-5/h6-11H,12H2,1-5H3,(H,20,24). The van der Waals surface area contributed by atoms with Gasteiger partial charge in [-0.15, -0.1) is 0 Å². The van der Waals surface area contributed by atoms with Crippen molar-refractivity contribution in [1.82, 2.24) is 4.90 Å². The van der Waals surface area contributed by atoms with Crippen LogP contribution >= 0.6 is 12.2 Å². The molecule has 4 nitrogen and oxygen atoms in total. The SMILES string of the molecule is COc1ccc(CN(C)C(=S)Nc2cccc(C)c2C)c(OC)c1. The molecule has 0 saturated carbocycles. The zero-order chi connectivity index (χ0) is 17.7. The summed E-state index contributed by atoms with van der Waals surface area (Å²) in [6.45, 7) is 4.83. The van der Waals surface area contributed by atoms with Crippen LogP contribution in [0.2, 0.25) is 0 Å². The first-order valence-electron chi connectivity index (χ1n) is 7.75. The number of aryl methyl sites for hydroxylation is 1. The Balaban J connectivity index is 2.10. The van der Waals surface area contributed by atoms with Crippen LogP contribution in [-0.4, -0.2) is 31.3 Å². The quantitative estimate of drug-likeness (QED) is 0.824. The van der Waals surface area contributed by atoms with E-state index in [0.717, 1.165) is 22.7 Å². The Morgan fingerprint density at radius 3 is 2.54 bits per heavy atom. The van der Waals surface area contributed by atoms with E-state index in [4.69, 9.17) is 21.7 Å². The highest BCUT2D eigenvalue weighted by Crippen LogP contribution is 2.26. The lowest BCUT2D eigenvalue weighted by Gasteiger charge is -2.23. The van der Waals surface area contributed by atoms with Crippen molar-refractivity contribution in [2.75, 3.05) is 26.6 Å². The van der Waals surface area contributed by atoms with E-state index in [1.807, 2.05) is 42.3 Å². The lowest BCUT2D eigenvalue weighted by molar-refractivity contribution is 0.384. The summed E-state index contributed by atoms with van der Waals surface area (Å²) in [5, 5.41) is 3.99. The summed E-state index contributed by atoms with van der Waals surface area (Å²) in [5.74, 6) is 1.56. The molecule has 5 heteroatoms. The molecule has 2 aromatic rings. The zero-order valence-corrected chi connectivity index (χ0v) is 15.7. The molecule has 0 aliphatic rings. The topological polar surface area (TPSA) is 33.7 Å². The molecule has 2 aromatic carbocycles. The van der Waals surface area contributed by atoms with Crippen molar-refractivity contribution in [3.05, 3.63) is 53.1 Å². The average Bonchev–Trinajstić information content (AvgIpc) is 2.59. The molecular weight excluding hydrogens is 320 g/mol. The van der Waals surface area contributed by atoms with Crippen molar-refractivity contribution < 1.29 is 9.47 Å². The minimum atomic E-state index is 0.643. The number of thiocarbonyl (C=S) groups is 1. The summed E-state index contributed by atoms with van der Waals surface area (Å²) >= 11 is 5.54. The molecule has 0 fully saturated rings. The molecule has 0 aromatic heterocycles. The Morgan fingerprint density at radius 2 is 1.88 bits per heavy atom. The highest BCUT2D eigenvalue weighted by molar-refractivity contribution is 7.80. The molecule has 0 aliphatic heterocycles. The number of ether oxygens (including phenoxy) is 2. The van der Waals surface area contributed by atoms with Crippen LogP contribution in [0.15, 0.2) is 36.4 Å². The summed E-state index contributed by atoms with van der Waals surface area (Å²) in [4.78, 5) is 1.99. The number of nitrogens with one attached hydrogen (secondary N) is 1. The van der Waals surface area contributed by atoms with Crippen LogP contribution in [0.3, 0.4) is 0 Å². The van der Waals surface area contributed by atoms with E-state index >= 15 is 0 Å². The van der Waals surface area contributed by atoms with E-state index in [0.29, 0.717) is 11.7 Å². The van der Waals surface area contributed by atoms with Crippen molar-refractivity contribution in [3.8, 4) is 11.5 Å². The molecule has 0 radical (unpaired) electrons. The number of hydrogen-bond acceptors (Lipinski definition) is 3. The average molecular weight is 344 g/mol. The summed E-state index contributed by atoms with van der Waals surface area (Å²) in [5.41, 5.74) is 4.53. The van der Waals surface area contributed by atoms with E-state index in [-0.39, 0.29) is 0 Å². The second-order valence-corrected chi connectivity index (χ2v) is 6.10. The van der Waals surface area contributed by atoms with Gasteiger partial charge < -0.3 is 19.7 Å². The molecule has 0 spiro atoms. The highest BCUT2D eigenvalue weighted by atomic mass is 32.1. The predicted octanol–water partition coefficient (Wildman–Crippen LogP) is 4.15. The molecule has 0 amide bonds. The molecule has 0 atom stereocenters. The molecule has 1 N–H and O–H groups in total. The van der Waals surface area contributed by atoms with Gasteiger partial charge in [0.2, 0.25) is 0 Å². The van der Waals surface area contributed by atoms with Gasteiger partial charge in [0.1, 0.15) is 11.5 Å². The fourth-order valence-corrected chi connectivity index (χ4v) is 2.58. The zero-order valence-electron chi connectivity index (χ0n) is 14.8. The van der Waals surface area contributed by atoms with Crippen LogP contribution in [0.1, 0.15) is 16.7 Å². The summed E-state index contributed by atoms with van der Waals surface area (Å²) in [6, 6.07) is 12.0. The minimum Gasteiger partial charge on any atom is -0.497 e. The van der Waals surface area contributed by atoms with Crippen molar-refractivity contribution in [1.29, 1.82) is 0 Å². The van der Waals surface area contributed by atoms with Crippen molar-refractivity contribution >= 4 is 23.0 Å². The van der Waals surface area contributed by atoms with Gasteiger partial charge in [0.15, 0.2) is 5.11 Å². The van der Waals surface area contributed by atoms with E-state index < -0.39 is 0 Å². The van der Waals surface area contributed by atoms with Gasteiger partial charge in [-0.1, -0.05) is 12.1 Å². The maximum Gasteiger partial charge on any atom is 0.173 e. The number of benzene rings is 2. The van der Waals surface area contributed by atoms with Gasteiger partial charge in [-0.3, -0.25) is 0 Å². The van der Waals surface area contributed by atoms with E-state index in [1.165, 1.54) is 11.1 Å². The largest absolute Gasteiger partial charge is 0.497 e. The van der Waals surface area contributed by atoms with Crippen molar-refractivity contribution in [3.63, 3.8) is 0 Å². The van der Waals surface area contributed by atoms with Crippen molar-refractivity contribution in [2.45, 2.75) is 20.4 Å². The molecule has 0 aliphatic carbocycles. The molecule has 0 heterocycles. The van der Waals surface area contributed by atoms with Gasteiger partial charge in [-0.05, 0) is 55.4 Å². The van der Waals surface area contributed by atoms with Gasteiger partial charge in [0.05, 0.1) is 14.2 Å². The van der Waals surface area contributed by atoms with Crippen LogP contribution in [0, 0.1) is 13.8 Å². The Morgan fingerprint density at radius 1 is 1.12 bits per heavy atom. The summed E-state index contributed by atoms with van der Waals surface area (Å²) < 4.78 is 10.7. The van der Waals surface area contributed by atoms with Gasteiger partial charge >= 0.3 is 0 Å². The van der Waals surface area contributed by atoms with Gasteiger partial charge in [0.25, 0.3) is 0 Å². The van der Waals surface area contributed by atoms with E-state index in [2.05, 4.69) is 25.2 Å². The maximum atomic E-state index is 5.54. The third-order valence-electron chi connectivity index (χ3n) is 4.09. The van der Waals surface area contributed by atoms with Crippen LogP contribution in [0.5, 0.6) is 11.5 Å². The first-order chi connectivity index (χ1) is 11.5. The van der Waals surface area contributed by atoms with Crippen LogP contribution in [-0.2, 0) is 6.54 Å². The molecule has 0 unspecified atom stereocenters. The lowest BCUT2D eigenvalue weighted by atomic mass is 10.1. The fraction of sp³-hybridized carbons (Fsp3) is 0.316. The lowest BCUT2D eigenvalue weighted by Crippen LogP contribution is -2.31. The Kier molecular flexibility index (Phi) is 6.04. The van der Waals surface area contributed by atoms with Gasteiger partial charge in [-0.25, -0.2) is 0 Å². The second kappa shape index (κ2) is 8.02. The third-order valence-corrected chi connectivity index (χ3v) is 4.51. The summed E-state index contributed by atoms with van der Waals surface area (Å²) in [6.07, 6.45) is 0. The van der Waals surface area contributed by atoms with Crippen LogP contribution in [0.4, 0.5) is 5.69 Å². The van der Waals surface area contributed by atoms with Crippen LogP contribution < -0.4 is 14.8 Å². The highest BCUT2D eigenvalue weighted by Gasteiger charge is 2.11. The number of methoxy groups -OCH3 is 2. The first-order valence-corrected chi connectivity index (χ1v) is 8.16. The second-order valence-electron chi connectivity index (χ2n) is 5.71. The molecular formula is C19H24N2O2S. The molecule has 0 bridgehead atoms. The predicted molar refractivity (Wildman–Crippen MR) is 103 cm³/mol. The Hall–Kier alpha value is -2.27. The van der Waals surface area contributed by atoms with Gasteiger partial charge in [-0.2, -0.15) is 0 Å². The first kappa shape index (κ1) is 18.1. The minimum absolute atomic E-state index is 0.643. The monoisotopic (exact) mass is 344 g/mol. The smallest absolute Gasteiger partial charge is 0.173 e. The Bertz CT molecular complexity index is 731. The number of nitrogens with zero attached hydrogens (tertiary/aromatic N) is 1. The maximum absolute atomic E-state index is 5.54. The van der Waals surface area contributed by atoms with Crippen molar-refractivity contribution in [2.24, 2.45) is 0 Å². The van der Waals surface area contributed by atoms with E-state index in [1.54, 1.807) is 14.2 Å². The number of rotatable bonds is 5. The molecule has 128 valence electrons. The molecule has 24 heavy (non-hydrogen) atoms. The summed E-state index contributed by atoms with van der Waals surface area (Å²) in [7, 11) is 5.26.